The monoisotopic (exact) mass is 255 g/mol. The molecule has 0 atom stereocenters. The zero-order chi connectivity index (χ0) is 10.9. The predicted octanol–water partition coefficient (Wildman–Crippen LogP) is 1.65. The summed E-state index contributed by atoms with van der Waals surface area (Å²) in [6, 6.07) is 2.45. The van der Waals surface area contributed by atoms with Crippen LogP contribution in [0.4, 0.5) is 0 Å². The summed E-state index contributed by atoms with van der Waals surface area (Å²) < 4.78 is 26.8. The molecule has 4 nitrogen and oxygen atoms in total. The van der Waals surface area contributed by atoms with Gasteiger partial charge < -0.3 is 4.74 Å². The summed E-state index contributed by atoms with van der Waals surface area (Å²) in [4.78, 5) is -0.218. The van der Waals surface area contributed by atoms with Gasteiger partial charge in [-0.3, -0.25) is 0 Å². The fourth-order valence-corrected chi connectivity index (χ4v) is 2.28. The van der Waals surface area contributed by atoms with E-state index in [-0.39, 0.29) is 14.9 Å². The first-order chi connectivity index (χ1) is 6.36. The minimum atomic E-state index is -3.85. The molecule has 1 aromatic carbocycles. The minimum absolute atomic E-state index is 0.0197. The Bertz CT molecular complexity index is 458. The number of hydrogen-bond acceptors (Lipinski definition) is 3. The summed E-state index contributed by atoms with van der Waals surface area (Å²) in [5, 5.41) is 5.03. The van der Waals surface area contributed by atoms with Gasteiger partial charge in [0.15, 0.2) is 0 Å². The number of benzene rings is 1. The highest BCUT2D eigenvalue weighted by molar-refractivity contribution is 7.89. The van der Waals surface area contributed by atoms with Crippen LogP contribution in [0.1, 0.15) is 0 Å². The standard InChI is InChI=1S/C7H7Cl2NO3S/c1-13-6-2-5(9)7(3-4(6)8)14(10,11)12/h2-3H,1H3,(H2,10,11,12). The van der Waals surface area contributed by atoms with E-state index in [0.29, 0.717) is 5.75 Å². The van der Waals surface area contributed by atoms with Crippen molar-refractivity contribution in [2.75, 3.05) is 7.11 Å². The van der Waals surface area contributed by atoms with Gasteiger partial charge in [0.1, 0.15) is 10.6 Å². The van der Waals surface area contributed by atoms with Gasteiger partial charge in [0.25, 0.3) is 0 Å². The highest BCUT2D eigenvalue weighted by atomic mass is 35.5. The van der Waals surface area contributed by atoms with Crippen LogP contribution in [0.25, 0.3) is 0 Å². The summed E-state index contributed by atoms with van der Waals surface area (Å²) in [7, 11) is -2.46. The van der Waals surface area contributed by atoms with Gasteiger partial charge >= 0.3 is 0 Å². The molecule has 0 saturated carbocycles. The number of halogens is 2. The Kier molecular flexibility index (Phi) is 3.26. The van der Waals surface area contributed by atoms with E-state index in [1.165, 1.54) is 13.2 Å². The molecule has 0 fully saturated rings. The van der Waals surface area contributed by atoms with Crippen molar-refractivity contribution in [2.24, 2.45) is 5.14 Å². The first-order valence-corrected chi connectivity index (χ1v) is 5.72. The van der Waals surface area contributed by atoms with Gasteiger partial charge in [-0.15, -0.1) is 0 Å². The zero-order valence-corrected chi connectivity index (χ0v) is 9.45. The van der Waals surface area contributed by atoms with Gasteiger partial charge in [0, 0.05) is 6.07 Å². The molecule has 14 heavy (non-hydrogen) atoms. The largest absolute Gasteiger partial charge is 0.495 e. The fraction of sp³-hybridized carbons (Fsp3) is 0.143. The fourth-order valence-electron chi connectivity index (χ4n) is 0.885. The van der Waals surface area contributed by atoms with Crippen molar-refractivity contribution in [3.63, 3.8) is 0 Å². The van der Waals surface area contributed by atoms with Crippen LogP contribution < -0.4 is 9.88 Å². The molecule has 0 bridgehead atoms. The van der Waals surface area contributed by atoms with Crippen LogP contribution in [0, 0.1) is 0 Å². The molecule has 0 saturated heterocycles. The second-order valence-electron chi connectivity index (χ2n) is 2.46. The van der Waals surface area contributed by atoms with E-state index in [1.54, 1.807) is 0 Å². The minimum Gasteiger partial charge on any atom is -0.495 e. The Balaban J connectivity index is 3.44. The van der Waals surface area contributed by atoms with Crippen LogP contribution in [0.2, 0.25) is 10.0 Å². The van der Waals surface area contributed by atoms with Crippen molar-refractivity contribution >= 4 is 33.2 Å². The molecule has 0 spiro atoms. The van der Waals surface area contributed by atoms with E-state index in [2.05, 4.69) is 0 Å². The van der Waals surface area contributed by atoms with E-state index < -0.39 is 10.0 Å². The molecule has 1 rings (SSSR count). The normalized spacial score (nSPS) is 11.4. The molecule has 78 valence electrons. The van der Waals surface area contributed by atoms with Crippen LogP contribution in [-0.4, -0.2) is 15.5 Å². The van der Waals surface area contributed by atoms with E-state index in [9.17, 15) is 8.42 Å². The maximum atomic E-state index is 11.0. The first-order valence-electron chi connectivity index (χ1n) is 3.42. The third-order valence-corrected chi connectivity index (χ3v) is 3.18. The summed E-state index contributed by atoms with van der Waals surface area (Å²) in [5.74, 6) is 0.295. The molecular formula is C7H7Cl2NO3S. The molecule has 7 heteroatoms. The van der Waals surface area contributed by atoms with Gasteiger partial charge in [-0.05, 0) is 6.07 Å². The highest BCUT2D eigenvalue weighted by Gasteiger charge is 2.16. The number of ether oxygens (including phenoxy) is 1. The van der Waals surface area contributed by atoms with Crippen LogP contribution >= 0.6 is 23.2 Å². The van der Waals surface area contributed by atoms with Crippen LogP contribution in [0.5, 0.6) is 5.75 Å². The molecule has 2 N–H and O–H groups in total. The van der Waals surface area contributed by atoms with Crippen molar-refractivity contribution in [1.82, 2.24) is 0 Å². The lowest BCUT2D eigenvalue weighted by atomic mass is 10.3. The smallest absolute Gasteiger partial charge is 0.239 e. The summed E-state index contributed by atoms with van der Waals surface area (Å²) in [6.45, 7) is 0. The average Bonchev–Trinajstić information content (AvgIpc) is 2.06. The lowest BCUT2D eigenvalue weighted by molar-refractivity contribution is 0.414. The second kappa shape index (κ2) is 3.94. The Morgan fingerprint density at radius 3 is 2.29 bits per heavy atom. The van der Waals surface area contributed by atoms with Crippen molar-refractivity contribution < 1.29 is 13.2 Å². The van der Waals surface area contributed by atoms with Crippen molar-refractivity contribution in [3.8, 4) is 5.75 Å². The molecule has 0 aromatic heterocycles. The van der Waals surface area contributed by atoms with Gasteiger partial charge in [-0.25, -0.2) is 13.6 Å². The number of methoxy groups -OCH3 is 1. The third-order valence-electron chi connectivity index (χ3n) is 1.51. The quantitative estimate of drug-likeness (QED) is 0.874. The predicted molar refractivity (Wildman–Crippen MR) is 54.4 cm³/mol. The van der Waals surface area contributed by atoms with Crippen molar-refractivity contribution in [1.29, 1.82) is 0 Å². The van der Waals surface area contributed by atoms with E-state index in [4.69, 9.17) is 33.1 Å². The van der Waals surface area contributed by atoms with Crippen LogP contribution in [-0.2, 0) is 10.0 Å². The number of sulfonamides is 1. The number of hydrogen-bond donors (Lipinski definition) is 1. The zero-order valence-electron chi connectivity index (χ0n) is 7.12. The maximum absolute atomic E-state index is 11.0. The molecule has 1 aromatic rings. The maximum Gasteiger partial charge on any atom is 0.239 e. The van der Waals surface area contributed by atoms with E-state index in [1.807, 2.05) is 0 Å². The Hall–Kier alpha value is -0.490. The molecule has 0 radical (unpaired) electrons. The summed E-state index contributed by atoms with van der Waals surface area (Å²) in [6.07, 6.45) is 0. The Labute approximate surface area is 91.6 Å². The topological polar surface area (TPSA) is 69.4 Å². The first kappa shape index (κ1) is 11.6. The summed E-state index contributed by atoms with van der Waals surface area (Å²) in [5.41, 5.74) is 0. The van der Waals surface area contributed by atoms with E-state index in [0.717, 1.165) is 6.07 Å². The molecule has 0 aliphatic heterocycles. The second-order valence-corrected chi connectivity index (χ2v) is 4.81. The highest BCUT2D eigenvalue weighted by Crippen LogP contribution is 2.32. The van der Waals surface area contributed by atoms with Gasteiger partial charge in [0.05, 0.1) is 17.2 Å². The van der Waals surface area contributed by atoms with Crippen molar-refractivity contribution in [3.05, 3.63) is 22.2 Å². The SMILES string of the molecule is COc1cc(Cl)c(S(N)(=O)=O)cc1Cl. The molecule has 0 aliphatic rings. The molecular weight excluding hydrogens is 249 g/mol. The lowest BCUT2D eigenvalue weighted by Crippen LogP contribution is -2.12. The average molecular weight is 256 g/mol. The molecule has 0 unspecified atom stereocenters. The number of primary sulfonamides is 1. The Morgan fingerprint density at radius 2 is 1.86 bits per heavy atom. The number of nitrogens with two attached hydrogens (primary N) is 1. The molecule has 0 heterocycles. The molecule has 0 amide bonds. The van der Waals surface area contributed by atoms with Gasteiger partial charge in [-0.1, -0.05) is 23.2 Å². The Morgan fingerprint density at radius 1 is 1.29 bits per heavy atom. The lowest BCUT2D eigenvalue weighted by Gasteiger charge is -2.06. The molecule has 0 aliphatic carbocycles. The van der Waals surface area contributed by atoms with Crippen LogP contribution in [0.15, 0.2) is 17.0 Å². The number of rotatable bonds is 2. The van der Waals surface area contributed by atoms with Gasteiger partial charge in [-0.2, -0.15) is 0 Å². The van der Waals surface area contributed by atoms with Crippen LogP contribution in [0.3, 0.4) is 0 Å². The van der Waals surface area contributed by atoms with Crippen molar-refractivity contribution in [2.45, 2.75) is 4.90 Å². The summed E-state index contributed by atoms with van der Waals surface area (Å²) >= 11 is 11.4. The van der Waals surface area contributed by atoms with Gasteiger partial charge in [0.2, 0.25) is 10.0 Å². The van der Waals surface area contributed by atoms with E-state index >= 15 is 0 Å². The third kappa shape index (κ3) is 2.30.